The molecule has 0 saturated carbocycles. The number of esters is 1. The third-order valence-electron chi connectivity index (χ3n) is 2.48. The normalized spacial score (nSPS) is 11.9. The van der Waals surface area contributed by atoms with Crippen molar-refractivity contribution in [3.63, 3.8) is 0 Å². The highest BCUT2D eigenvalue weighted by Crippen LogP contribution is 2.17. The number of rotatable bonds is 7. The maximum Gasteiger partial charge on any atom is 0.312 e. The Labute approximate surface area is 106 Å². The third-order valence-corrected chi connectivity index (χ3v) is 2.48. The van der Waals surface area contributed by atoms with E-state index in [1.807, 2.05) is 0 Å². The zero-order valence-corrected chi connectivity index (χ0v) is 10.5. The first-order chi connectivity index (χ1) is 8.69. The molecule has 18 heavy (non-hydrogen) atoms. The van der Waals surface area contributed by atoms with Gasteiger partial charge in [0.05, 0.1) is 13.0 Å². The summed E-state index contributed by atoms with van der Waals surface area (Å²) < 4.78 is 28.2. The van der Waals surface area contributed by atoms with Crippen molar-refractivity contribution in [3.05, 3.63) is 30.1 Å². The number of hydrogen-bond acceptors (Lipinski definition) is 4. The number of benzene rings is 1. The van der Waals surface area contributed by atoms with Crippen LogP contribution in [-0.4, -0.2) is 33.4 Å². The van der Waals surface area contributed by atoms with Crippen LogP contribution in [0.25, 0.3) is 0 Å². The second-order valence-corrected chi connectivity index (χ2v) is 3.74. The summed E-state index contributed by atoms with van der Waals surface area (Å²) in [6.45, 7) is 0.483. The number of carbonyl (C=O) groups is 1. The lowest BCUT2D eigenvalue weighted by molar-refractivity contribution is -0.147. The summed E-state index contributed by atoms with van der Waals surface area (Å²) in [6, 6.07) is 6.06. The van der Waals surface area contributed by atoms with Crippen LogP contribution in [0.2, 0.25) is 0 Å². The monoisotopic (exact) mass is 256 g/mol. The van der Waals surface area contributed by atoms with Crippen LogP contribution in [0.5, 0.6) is 5.75 Å². The molecule has 0 aromatic heterocycles. The van der Waals surface area contributed by atoms with Gasteiger partial charge in [0, 0.05) is 13.7 Å². The lowest BCUT2D eigenvalue weighted by atomic mass is 10.1. The number of hydrogen-bond donors (Lipinski definition) is 0. The Morgan fingerprint density at radius 1 is 1.33 bits per heavy atom. The largest absolute Gasteiger partial charge is 0.490 e. The second kappa shape index (κ2) is 7.66. The average Bonchev–Trinajstić information content (AvgIpc) is 2.40. The van der Waals surface area contributed by atoms with Crippen molar-refractivity contribution in [2.45, 2.75) is 6.42 Å². The number of carbonyl (C=O) groups excluding carboxylic acids is 1. The van der Waals surface area contributed by atoms with Crippen molar-refractivity contribution in [2.24, 2.45) is 5.92 Å². The van der Waals surface area contributed by atoms with Crippen LogP contribution < -0.4 is 4.74 Å². The third kappa shape index (κ3) is 4.33. The molecule has 0 amide bonds. The number of methoxy groups -OCH3 is 2. The summed E-state index contributed by atoms with van der Waals surface area (Å²) in [5.41, 5.74) is 0. The van der Waals surface area contributed by atoms with Gasteiger partial charge in [0.1, 0.15) is 6.61 Å². The summed E-state index contributed by atoms with van der Waals surface area (Å²) in [5.74, 6) is -1.17. The fourth-order valence-corrected chi connectivity index (χ4v) is 1.45. The first-order valence-electron chi connectivity index (χ1n) is 5.63. The molecule has 0 saturated heterocycles. The van der Waals surface area contributed by atoms with Crippen LogP contribution in [0.1, 0.15) is 6.42 Å². The molecule has 0 heterocycles. The molecule has 0 spiro atoms. The quantitative estimate of drug-likeness (QED) is 0.700. The van der Waals surface area contributed by atoms with Crippen molar-refractivity contribution in [3.8, 4) is 5.75 Å². The fourth-order valence-electron chi connectivity index (χ4n) is 1.45. The van der Waals surface area contributed by atoms with Gasteiger partial charge in [-0.3, -0.25) is 4.79 Å². The zero-order chi connectivity index (χ0) is 13.4. The van der Waals surface area contributed by atoms with Gasteiger partial charge in [-0.1, -0.05) is 12.1 Å². The molecule has 1 rings (SSSR count). The first kappa shape index (κ1) is 14.4. The minimum absolute atomic E-state index is 0.0664. The van der Waals surface area contributed by atoms with Gasteiger partial charge in [-0.25, -0.2) is 4.39 Å². The van der Waals surface area contributed by atoms with Crippen LogP contribution in [0.3, 0.4) is 0 Å². The lowest BCUT2D eigenvalue weighted by Gasteiger charge is -2.15. The van der Waals surface area contributed by atoms with Crippen molar-refractivity contribution in [1.29, 1.82) is 0 Å². The molecule has 100 valence electrons. The van der Waals surface area contributed by atoms with Crippen molar-refractivity contribution in [1.82, 2.24) is 0 Å². The van der Waals surface area contributed by atoms with Gasteiger partial charge in [-0.2, -0.15) is 0 Å². The van der Waals surface area contributed by atoms with Gasteiger partial charge in [-0.15, -0.1) is 0 Å². The van der Waals surface area contributed by atoms with E-state index in [-0.39, 0.29) is 18.3 Å². The molecular weight excluding hydrogens is 239 g/mol. The second-order valence-electron chi connectivity index (χ2n) is 3.74. The molecule has 4 nitrogen and oxygen atoms in total. The highest BCUT2D eigenvalue weighted by molar-refractivity contribution is 5.72. The molecule has 0 bridgehead atoms. The lowest BCUT2D eigenvalue weighted by Crippen LogP contribution is -2.24. The Morgan fingerprint density at radius 3 is 2.67 bits per heavy atom. The Kier molecular flexibility index (Phi) is 6.14. The highest BCUT2D eigenvalue weighted by Gasteiger charge is 2.20. The highest BCUT2D eigenvalue weighted by atomic mass is 19.1. The van der Waals surface area contributed by atoms with Gasteiger partial charge < -0.3 is 14.2 Å². The van der Waals surface area contributed by atoms with Crippen LogP contribution in [0.15, 0.2) is 24.3 Å². The molecule has 0 fully saturated rings. The van der Waals surface area contributed by atoms with E-state index in [2.05, 4.69) is 4.74 Å². The van der Waals surface area contributed by atoms with E-state index < -0.39 is 11.7 Å². The van der Waals surface area contributed by atoms with Gasteiger partial charge in [0.2, 0.25) is 0 Å². The van der Waals surface area contributed by atoms with Crippen molar-refractivity contribution < 1.29 is 23.4 Å². The van der Waals surface area contributed by atoms with E-state index in [4.69, 9.17) is 9.47 Å². The minimum Gasteiger partial charge on any atom is -0.490 e. The molecule has 0 aliphatic rings. The predicted molar refractivity (Wildman–Crippen MR) is 63.9 cm³/mol. The Balaban J connectivity index is 2.56. The molecule has 1 unspecified atom stereocenters. The summed E-state index contributed by atoms with van der Waals surface area (Å²) >= 11 is 0. The predicted octanol–water partition coefficient (Wildman–Crippen LogP) is 2.03. The Morgan fingerprint density at radius 2 is 2.06 bits per heavy atom. The molecule has 1 atom stereocenters. The van der Waals surface area contributed by atoms with Gasteiger partial charge >= 0.3 is 5.97 Å². The van der Waals surface area contributed by atoms with Gasteiger partial charge in [0.15, 0.2) is 11.6 Å². The van der Waals surface area contributed by atoms with Crippen LogP contribution in [-0.2, 0) is 14.3 Å². The summed E-state index contributed by atoms with van der Waals surface area (Å²) in [5, 5.41) is 0. The van der Waals surface area contributed by atoms with E-state index in [9.17, 15) is 9.18 Å². The van der Waals surface area contributed by atoms with Crippen LogP contribution in [0, 0.1) is 11.7 Å². The summed E-state index contributed by atoms with van der Waals surface area (Å²) in [4.78, 5) is 11.5. The van der Waals surface area contributed by atoms with Crippen molar-refractivity contribution in [2.75, 3.05) is 27.4 Å². The Hall–Kier alpha value is -1.62. The van der Waals surface area contributed by atoms with Crippen LogP contribution in [0.4, 0.5) is 4.39 Å². The van der Waals surface area contributed by atoms with Gasteiger partial charge in [0.25, 0.3) is 0 Å². The van der Waals surface area contributed by atoms with E-state index in [0.29, 0.717) is 13.0 Å². The minimum atomic E-state index is -0.463. The maximum absolute atomic E-state index is 13.3. The average molecular weight is 256 g/mol. The van der Waals surface area contributed by atoms with E-state index in [0.717, 1.165) is 0 Å². The topological polar surface area (TPSA) is 44.8 Å². The van der Waals surface area contributed by atoms with E-state index in [1.165, 1.54) is 19.2 Å². The molecule has 1 aromatic rings. The van der Waals surface area contributed by atoms with E-state index >= 15 is 0 Å². The number of halogens is 1. The van der Waals surface area contributed by atoms with Gasteiger partial charge in [-0.05, 0) is 18.6 Å². The maximum atomic E-state index is 13.3. The zero-order valence-electron chi connectivity index (χ0n) is 10.5. The molecule has 0 aliphatic carbocycles. The SMILES string of the molecule is COCCC(COc1ccccc1F)C(=O)OC. The molecule has 1 aromatic carbocycles. The fraction of sp³-hybridized carbons (Fsp3) is 0.462. The molecule has 5 heteroatoms. The smallest absolute Gasteiger partial charge is 0.312 e. The molecular formula is C13H17FO4. The Bertz CT molecular complexity index is 381. The molecule has 0 N–H and O–H groups in total. The first-order valence-corrected chi connectivity index (χ1v) is 5.63. The van der Waals surface area contributed by atoms with E-state index in [1.54, 1.807) is 19.2 Å². The molecule has 0 aliphatic heterocycles. The van der Waals surface area contributed by atoms with Crippen LogP contribution >= 0.6 is 0 Å². The molecule has 0 radical (unpaired) electrons. The summed E-state index contributed by atoms with van der Waals surface area (Å²) in [6.07, 6.45) is 0.470. The number of para-hydroxylation sites is 1. The number of ether oxygens (including phenoxy) is 3. The summed E-state index contributed by atoms with van der Waals surface area (Å²) in [7, 11) is 2.86. The van der Waals surface area contributed by atoms with Crippen molar-refractivity contribution >= 4 is 5.97 Å². The standard InChI is InChI=1S/C13H17FO4/c1-16-8-7-10(13(15)17-2)9-18-12-6-4-3-5-11(12)14/h3-6,10H,7-9H2,1-2H3.